The van der Waals surface area contributed by atoms with E-state index in [9.17, 15) is 18.0 Å². The van der Waals surface area contributed by atoms with Gasteiger partial charge in [0.25, 0.3) is 11.8 Å². The maximum absolute atomic E-state index is 13.4. The van der Waals surface area contributed by atoms with Gasteiger partial charge in [-0.05, 0) is 43.3 Å². The smallest absolute Gasteiger partial charge is 0.261 e. The second-order valence-electron chi connectivity index (χ2n) is 7.57. The van der Waals surface area contributed by atoms with Crippen molar-refractivity contribution in [3.05, 3.63) is 60.2 Å². The van der Waals surface area contributed by atoms with Gasteiger partial charge in [-0.1, -0.05) is 18.2 Å². The molecule has 11 heteroatoms. The fourth-order valence-corrected chi connectivity index (χ4v) is 5.03. The normalized spacial score (nSPS) is 15.7. The largest absolute Gasteiger partial charge is 0.379 e. The first-order chi connectivity index (χ1) is 15.8. The molecule has 1 heterocycles. The monoisotopic (exact) mass is 476 g/mol. The third-order valence-electron chi connectivity index (χ3n) is 5.42. The molecule has 0 radical (unpaired) electrons. The quantitative estimate of drug-likeness (QED) is 0.366. The Bertz CT molecular complexity index is 1040. The maximum Gasteiger partial charge on any atom is 0.261 e. The van der Waals surface area contributed by atoms with Gasteiger partial charge in [0.05, 0.1) is 18.1 Å². The van der Waals surface area contributed by atoms with Gasteiger partial charge in [-0.25, -0.2) is 13.9 Å². The SMILES string of the molecule is CC(C(=O)NO)N(CCN1CCOCC1)S(=O)(=O)c1ccc(NC(=O)c2ccccc2)cc1. The van der Waals surface area contributed by atoms with Gasteiger partial charge in [0.2, 0.25) is 10.0 Å². The Morgan fingerprint density at radius 2 is 1.73 bits per heavy atom. The molecule has 3 rings (SSSR count). The molecule has 1 fully saturated rings. The highest BCUT2D eigenvalue weighted by atomic mass is 32.2. The van der Waals surface area contributed by atoms with Crippen LogP contribution >= 0.6 is 0 Å². The van der Waals surface area contributed by atoms with Crippen LogP contribution in [-0.4, -0.2) is 80.1 Å². The highest BCUT2D eigenvalue weighted by Gasteiger charge is 2.33. The lowest BCUT2D eigenvalue weighted by Gasteiger charge is -2.31. The van der Waals surface area contributed by atoms with E-state index in [1.165, 1.54) is 36.7 Å². The molecule has 1 unspecified atom stereocenters. The van der Waals surface area contributed by atoms with Crippen molar-refractivity contribution >= 4 is 27.5 Å². The molecule has 0 bridgehead atoms. The van der Waals surface area contributed by atoms with Crippen LogP contribution in [0.4, 0.5) is 5.69 Å². The zero-order valence-corrected chi connectivity index (χ0v) is 19.1. The highest BCUT2D eigenvalue weighted by molar-refractivity contribution is 7.89. The van der Waals surface area contributed by atoms with Crippen LogP contribution in [0.3, 0.4) is 0 Å². The number of hydrogen-bond donors (Lipinski definition) is 3. The van der Waals surface area contributed by atoms with Crippen molar-refractivity contribution < 1.29 is 28.0 Å². The van der Waals surface area contributed by atoms with Crippen LogP contribution in [0.5, 0.6) is 0 Å². The number of benzene rings is 2. The average molecular weight is 477 g/mol. The van der Waals surface area contributed by atoms with Gasteiger partial charge in [-0.3, -0.25) is 19.7 Å². The minimum absolute atomic E-state index is 0.0280. The van der Waals surface area contributed by atoms with E-state index in [0.29, 0.717) is 44.1 Å². The van der Waals surface area contributed by atoms with Crippen molar-refractivity contribution in [2.45, 2.75) is 17.9 Å². The van der Waals surface area contributed by atoms with E-state index in [4.69, 9.17) is 9.94 Å². The number of rotatable bonds is 9. The molecule has 1 atom stereocenters. The molecule has 0 aliphatic carbocycles. The fraction of sp³-hybridized carbons (Fsp3) is 0.364. The summed E-state index contributed by atoms with van der Waals surface area (Å²) in [6, 6.07) is 13.3. The highest BCUT2D eigenvalue weighted by Crippen LogP contribution is 2.21. The molecule has 0 saturated carbocycles. The van der Waals surface area contributed by atoms with Crippen LogP contribution in [0.2, 0.25) is 0 Å². The van der Waals surface area contributed by atoms with E-state index in [1.807, 2.05) is 0 Å². The summed E-state index contributed by atoms with van der Waals surface area (Å²) >= 11 is 0. The average Bonchev–Trinajstić information content (AvgIpc) is 2.85. The molecule has 1 saturated heterocycles. The van der Waals surface area contributed by atoms with Crippen molar-refractivity contribution in [2.24, 2.45) is 0 Å². The molecule has 1 aliphatic heterocycles. The summed E-state index contributed by atoms with van der Waals surface area (Å²) in [6.07, 6.45) is 0. The number of sulfonamides is 1. The van der Waals surface area contributed by atoms with Gasteiger partial charge in [-0.2, -0.15) is 4.31 Å². The van der Waals surface area contributed by atoms with E-state index < -0.39 is 22.0 Å². The Morgan fingerprint density at radius 1 is 1.09 bits per heavy atom. The summed E-state index contributed by atoms with van der Waals surface area (Å²) in [5, 5.41) is 11.8. The lowest BCUT2D eigenvalue weighted by atomic mass is 10.2. The van der Waals surface area contributed by atoms with Crippen molar-refractivity contribution in [3.8, 4) is 0 Å². The number of amides is 2. The Kier molecular flexibility index (Phi) is 8.53. The molecule has 0 spiro atoms. The molecule has 10 nitrogen and oxygen atoms in total. The molecule has 2 amide bonds. The van der Waals surface area contributed by atoms with Crippen LogP contribution in [0.25, 0.3) is 0 Å². The van der Waals surface area contributed by atoms with Crippen LogP contribution in [-0.2, 0) is 19.6 Å². The lowest BCUT2D eigenvalue weighted by Crippen LogP contribution is -2.50. The molecule has 0 aromatic heterocycles. The van der Waals surface area contributed by atoms with Crippen LogP contribution in [0, 0.1) is 0 Å². The van der Waals surface area contributed by atoms with E-state index >= 15 is 0 Å². The van der Waals surface area contributed by atoms with Crippen LogP contribution in [0.15, 0.2) is 59.5 Å². The zero-order valence-electron chi connectivity index (χ0n) is 18.3. The summed E-state index contributed by atoms with van der Waals surface area (Å²) in [4.78, 5) is 26.4. The first-order valence-corrected chi connectivity index (χ1v) is 12.0. The van der Waals surface area contributed by atoms with Crippen LogP contribution < -0.4 is 10.8 Å². The Balaban J connectivity index is 1.76. The molecule has 178 valence electrons. The maximum atomic E-state index is 13.4. The summed E-state index contributed by atoms with van der Waals surface area (Å²) in [5.74, 6) is -1.14. The third kappa shape index (κ3) is 6.36. The van der Waals surface area contributed by atoms with E-state index in [0.717, 1.165) is 4.31 Å². The summed E-state index contributed by atoms with van der Waals surface area (Å²) in [7, 11) is -4.06. The molecular formula is C22H28N4O6S. The standard InChI is InChI=1S/C22H28N4O6S/c1-17(21(27)24-29)26(12-11-25-13-15-32-16-14-25)33(30,31)20-9-7-19(8-10-20)23-22(28)18-5-3-2-4-6-18/h2-10,17,29H,11-16H2,1H3,(H,23,28)(H,24,27). The zero-order chi connectivity index (χ0) is 23.8. The van der Waals surface area contributed by atoms with Gasteiger partial charge < -0.3 is 10.1 Å². The molecule has 1 aliphatic rings. The van der Waals surface area contributed by atoms with Gasteiger partial charge in [0.15, 0.2) is 0 Å². The first kappa shape index (κ1) is 24.8. The number of carbonyl (C=O) groups excluding carboxylic acids is 2. The molecule has 2 aromatic rings. The number of morpholine rings is 1. The van der Waals surface area contributed by atoms with E-state index in [2.05, 4.69) is 10.2 Å². The van der Waals surface area contributed by atoms with Crippen LogP contribution in [0.1, 0.15) is 17.3 Å². The predicted octanol–water partition coefficient (Wildman–Crippen LogP) is 1.16. The summed E-state index contributed by atoms with van der Waals surface area (Å²) in [5.41, 5.74) is 2.44. The molecule has 3 N–H and O–H groups in total. The Morgan fingerprint density at radius 3 is 2.33 bits per heavy atom. The second-order valence-corrected chi connectivity index (χ2v) is 9.46. The van der Waals surface area contributed by atoms with Gasteiger partial charge in [0.1, 0.15) is 6.04 Å². The fourth-order valence-electron chi connectivity index (χ4n) is 3.45. The first-order valence-electron chi connectivity index (χ1n) is 10.6. The Labute approximate surface area is 193 Å². The Hall–Kier alpha value is -2.83. The number of hydrogen-bond acceptors (Lipinski definition) is 7. The minimum Gasteiger partial charge on any atom is -0.379 e. The number of anilines is 1. The summed E-state index contributed by atoms with van der Waals surface area (Å²) < 4.78 is 33.1. The molecular weight excluding hydrogens is 448 g/mol. The summed E-state index contributed by atoms with van der Waals surface area (Å²) in [6.45, 7) is 4.36. The predicted molar refractivity (Wildman–Crippen MR) is 121 cm³/mol. The van der Waals surface area contributed by atoms with Crippen molar-refractivity contribution in [3.63, 3.8) is 0 Å². The number of ether oxygens (including phenoxy) is 1. The minimum atomic E-state index is -4.06. The van der Waals surface area contributed by atoms with E-state index in [-0.39, 0.29) is 17.3 Å². The second kappa shape index (κ2) is 11.3. The van der Waals surface area contributed by atoms with Crippen molar-refractivity contribution in [1.82, 2.24) is 14.7 Å². The van der Waals surface area contributed by atoms with Gasteiger partial charge in [-0.15, -0.1) is 0 Å². The van der Waals surface area contributed by atoms with E-state index in [1.54, 1.807) is 30.3 Å². The van der Waals surface area contributed by atoms with Gasteiger partial charge >= 0.3 is 0 Å². The number of nitrogens with zero attached hydrogens (tertiary/aromatic N) is 2. The molecule has 2 aromatic carbocycles. The van der Waals surface area contributed by atoms with Crippen molar-refractivity contribution in [2.75, 3.05) is 44.7 Å². The topological polar surface area (TPSA) is 128 Å². The number of nitrogens with one attached hydrogen (secondary N) is 2. The van der Waals surface area contributed by atoms with Crippen molar-refractivity contribution in [1.29, 1.82) is 0 Å². The van der Waals surface area contributed by atoms with Gasteiger partial charge in [0, 0.05) is 37.4 Å². The molecule has 33 heavy (non-hydrogen) atoms. The number of carbonyl (C=O) groups is 2. The lowest BCUT2D eigenvalue weighted by molar-refractivity contribution is -0.132. The number of hydroxylamine groups is 1. The third-order valence-corrected chi connectivity index (χ3v) is 7.40.